The zero-order valence-corrected chi connectivity index (χ0v) is 10.6. The number of amides is 1. The molecule has 0 atom stereocenters. The summed E-state index contributed by atoms with van der Waals surface area (Å²) in [5.74, 6) is -0.194. The van der Waals surface area contributed by atoms with E-state index in [2.05, 4.69) is 5.32 Å². The Morgan fingerprint density at radius 1 is 1.32 bits per heavy atom. The summed E-state index contributed by atoms with van der Waals surface area (Å²) in [5, 5.41) is 2.51. The number of carbonyl (C=O) groups is 1. The molecule has 0 aliphatic heterocycles. The molecule has 0 radical (unpaired) electrons. The van der Waals surface area contributed by atoms with Crippen LogP contribution in [0.15, 0.2) is 18.2 Å². The normalized spacial score (nSPS) is 16.9. The van der Waals surface area contributed by atoms with Gasteiger partial charge in [0, 0.05) is 17.2 Å². The van der Waals surface area contributed by atoms with E-state index >= 15 is 0 Å². The third-order valence-electron chi connectivity index (χ3n) is 3.28. The van der Waals surface area contributed by atoms with Gasteiger partial charge in [0.1, 0.15) is 5.75 Å². The second-order valence-electron chi connectivity index (χ2n) is 4.96. The number of rotatable bonds is 3. The van der Waals surface area contributed by atoms with Crippen LogP contribution in [0.5, 0.6) is 5.75 Å². The molecule has 1 N–H and O–H groups in total. The second kappa shape index (κ2) is 4.43. The monoisotopic (exact) mass is 273 g/mol. The van der Waals surface area contributed by atoms with Crippen LogP contribution >= 0.6 is 0 Å². The predicted molar refractivity (Wildman–Crippen MR) is 64.0 cm³/mol. The van der Waals surface area contributed by atoms with Crippen LogP contribution in [0.25, 0.3) is 0 Å². The molecule has 1 amide bonds. The highest BCUT2D eigenvalue weighted by molar-refractivity contribution is 5.97. The van der Waals surface area contributed by atoms with E-state index in [0.717, 1.165) is 25.0 Å². The van der Waals surface area contributed by atoms with Crippen LogP contribution in [0.1, 0.15) is 25.3 Å². The first kappa shape index (κ1) is 13.7. The number of anilines is 1. The third kappa shape index (κ3) is 3.00. The topological polar surface area (TPSA) is 38.3 Å². The highest BCUT2D eigenvalue weighted by atomic mass is 19.4. The van der Waals surface area contributed by atoms with Crippen LogP contribution in [0, 0.1) is 5.41 Å². The number of methoxy groups -OCH3 is 1. The van der Waals surface area contributed by atoms with Crippen LogP contribution in [0.4, 0.5) is 18.9 Å². The summed E-state index contributed by atoms with van der Waals surface area (Å²) >= 11 is 0. The van der Waals surface area contributed by atoms with Crippen molar-refractivity contribution in [2.75, 3.05) is 12.4 Å². The SMILES string of the molecule is COc1cc(NC(=O)C2(C)CC2)cc(C(F)(F)F)c1. The van der Waals surface area contributed by atoms with Gasteiger partial charge in [0.2, 0.25) is 5.91 Å². The van der Waals surface area contributed by atoms with Crippen molar-refractivity contribution in [1.82, 2.24) is 0 Å². The highest BCUT2D eigenvalue weighted by Gasteiger charge is 2.45. The van der Waals surface area contributed by atoms with Gasteiger partial charge in [-0.05, 0) is 25.0 Å². The summed E-state index contributed by atoms with van der Waals surface area (Å²) < 4.78 is 42.9. The molecule has 19 heavy (non-hydrogen) atoms. The van der Waals surface area contributed by atoms with Gasteiger partial charge in [-0.3, -0.25) is 4.79 Å². The van der Waals surface area contributed by atoms with Crippen molar-refractivity contribution in [3.05, 3.63) is 23.8 Å². The Morgan fingerprint density at radius 3 is 2.42 bits per heavy atom. The fraction of sp³-hybridized carbons (Fsp3) is 0.462. The van der Waals surface area contributed by atoms with E-state index in [1.54, 1.807) is 6.92 Å². The molecule has 0 aromatic heterocycles. The molecular weight excluding hydrogens is 259 g/mol. The minimum atomic E-state index is -4.47. The van der Waals surface area contributed by atoms with Gasteiger partial charge in [0.25, 0.3) is 0 Å². The van der Waals surface area contributed by atoms with Crippen LogP contribution in [0.2, 0.25) is 0 Å². The van der Waals surface area contributed by atoms with Gasteiger partial charge in [-0.2, -0.15) is 13.2 Å². The minimum Gasteiger partial charge on any atom is -0.497 e. The average Bonchev–Trinajstić information content (AvgIpc) is 3.07. The summed E-state index contributed by atoms with van der Waals surface area (Å²) in [6.07, 6.45) is -2.96. The number of carbonyl (C=O) groups excluding carboxylic acids is 1. The lowest BCUT2D eigenvalue weighted by Gasteiger charge is -2.14. The van der Waals surface area contributed by atoms with Crippen LogP contribution < -0.4 is 10.1 Å². The van der Waals surface area contributed by atoms with E-state index in [-0.39, 0.29) is 17.3 Å². The van der Waals surface area contributed by atoms with Crippen LogP contribution in [0.3, 0.4) is 0 Å². The molecule has 1 aliphatic carbocycles. The lowest BCUT2D eigenvalue weighted by molar-refractivity contribution is -0.137. The van der Waals surface area contributed by atoms with Gasteiger partial charge >= 0.3 is 6.18 Å². The van der Waals surface area contributed by atoms with Crippen molar-refractivity contribution in [1.29, 1.82) is 0 Å². The van der Waals surface area contributed by atoms with Gasteiger partial charge in [0.05, 0.1) is 12.7 Å². The molecule has 0 spiro atoms. The van der Waals surface area contributed by atoms with Gasteiger partial charge < -0.3 is 10.1 Å². The van der Waals surface area contributed by atoms with Gasteiger partial charge in [-0.25, -0.2) is 0 Å². The molecule has 0 saturated heterocycles. The first-order chi connectivity index (χ1) is 8.74. The van der Waals surface area contributed by atoms with E-state index in [9.17, 15) is 18.0 Å². The van der Waals surface area contributed by atoms with Crippen molar-refractivity contribution < 1.29 is 22.7 Å². The number of alkyl halides is 3. The Bertz CT molecular complexity index is 507. The molecule has 104 valence electrons. The van der Waals surface area contributed by atoms with Gasteiger partial charge in [-0.15, -0.1) is 0 Å². The predicted octanol–water partition coefficient (Wildman–Crippen LogP) is 3.45. The Hall–Kier alpha value is -1.72. The maximum Gasteiger partial charge on any atom is 0.416 e. The molecule has 2 rings (SSSR count). The van der Waals surface area contributed by atoms with E-state index in [1.807, 2.05) is 0 Å². The average molecular weight is 273 g/mol. The Kier molecular flexibility index (Phi) is 3.20. The fourth-order valence-corrected chi connectivity index (χ4v) is 1.65. The molecule has 0 heterocycles. The Balaban J connectivity index is 2.27. The smallest absolute Gasteiger partial charge is 0.416 e. The highest BCUT2D eigenvalue weighted by Crippen LogP contribution is 2.46. The van der Waals surface area contributed by atoms with Crippen LogP contribution in [-0.2, 0) is 11.0 Å². The van der Waals surface area contributed by atoms with E-state index < -0.39 is 17.2 Å². The van der Waals surface area contributed by atoms with E-state index in [4.69, 9.17) is 4.74 Å². The summed E-state index contributed by atoms with van der Waals surface area (Å²) in [6.45, 7) is 1.78. The molecule has 1 fully saturated rings. The van der Waals surface area contributed by atoms with Crippen LogP contribution in [-0.4, -0.2) is 13.0 Å². The zero-order chi connectivity index (χ0) is 14.3. The van der Waals surface area contributed by atoms with Crippen molar-refractivity contribution in [3.63, 3.8) is 0 Å². The molecule has 3 nitrogen and oxygen atoms in total. The standard InChI is InChI=1S/C13H14F3NO2/c1-12(3-4-12)11(18)17-9-5-8(13(14,15)16)6-10(7-9)19-2/h5-7H,3-4H2,1-2H3,(H,17,18). The number of halogens is 3. The molecule has 0 bridgehead atoms. The third-order valence-corrected chi connectivity index (χ3v) is 3.28. The largest absolute Gasteiger partial charge is 0.497 e. The van der Waals surface area contributed by atoms with Crippen molar-refractivity contribution in [3.8, 4) is 5.75 Å². The lowest BCUT2D eigenvalue weighted by Crippen LogP contribution is -2.21. The number of nitrogens with one attached hydrogen (secondary N) is 1. The molecule has 1 aromatic rings. The van der Waals surface area contributed by atoms with Crippen molar-refractivity contribution in [2.24, 2.45) is 5.41 Å². The molecule has 1 saturated carbocycles. The van der Waals surface area contributed by atoms with E-state index in [0.29, 0.717) is 0 Å². The quantitative estimate of drug-likeness (QED) is 0.916. The summed E-state index contributed by atoms with van der Waals surface area (Å²) in [7, 11) is 1.28. The fourth-order valence-electron chi connectivity index (χ4n) is 1.65. The molecule has 6 heteroatoms. The first-order valence-electron chi connectivity index (χ1n) is 5.82. The van der Waals surface area contributed by atoms with Crippen molar-refractivity contribution >= 4 is 11.6 Å². The maximum atomic E-state index is 12.7. The molecule has 0 unspecified atom stereocenters. The summed E-state index contributed by atoms with van der Waals surface area (Å²) in [4.78, 5) is 11.8. The first-order valence-corrected chi connectivity index (χ1v) is 5.82. The zero-order valence-electron chi connectivity index (χ0n) is 10.6. The number of hydrogen-bond acceptors (Lipinski definition) is 2. The van der Waals surface area contributed by atoms with Gasteiger partial charge in [-0.1, -0.05) is 6.92 Å². The Labute approximate surface area is 108 Å². The molecule has 1 aliphatic rings. The lowest BCUT2D eigenvalue weighted by atomic mass is 10.1. The van der Waals surface area contributed by atoms with Crippen molar-refractivity contribution in [2.45, 2.75) is 25.9 Å². The minimum absolute atomic E-state index is 0.0612. The molecule has 1 aromatic carbocycles. The second-order valence-corrected chi connectivity index (χ2v) is 4.96. The summed E-state index contributed by atoms with van der Waals surface area (Å²) in [5.41, 5.74) is -1.19. The maximum absolute atomic E-state index is 12.7. The molecular formula is C13H14F3NO2. The van der Waals surface area contributed by atoms with E-state index in [1.165, 1.54) is 13.2 Å². The number of ether oxygens (including phenoxy) is 1. The number of benzene rings is 1. The number of hydrogen-bond donors (Lipinski definition) is 1. The van der Waals surface area contributed by atoms with Gasteiger partial charge in [0.15, 0.2) is 0 Å². The Morgan fingerprint density at radius 2 is 1.95 bits per heavy atom. The summed E-state index contributed by atoms with van der Waals surface area (Å²) in [6, 6.07) is 3.18.